The molecule has 1 heterocycles. The first kappa shape index (κ1) is 18.6. The fourth-order valence-electron chi connectivity index (χ4n) is 3.26. The average Bonchev–Trinajstić information content (AvgIpc) is 2.62. The minimum atomic E-state index is -3.37. The van der Waals surface area contributed by atoms with Crippen LogP contribution < -0.4 is 5.49 Å². The summed E-state index contributed by atoms with van der Waals surface area (Å²) in [4.78, 5) is 18.0. The van der Waals surface area contributed by atoms with Gasteiger partial charge in [-0.1, -0.05) is 25.3 Å². The van der Waals surface area contributed by atoms with E-state index >= 15 is 0 Å². The Morgan fingerprint density at radius 1 is 1.12 bits per heavy atom. The number of carbonyl (C=O) groups excluding carboxylic acids is 1. The van der Waals surface area contributed by atoms with Crippen LogP contribution in [0.1, 0.15) is 48.0 Å². The molecule has 2 aromatic rings. The van der Waals surface area contributed by atoms with Crippen molar-refractivity contribution in [3.8, 4) is 0 Å². The van der Waals surface area contributed by atoms with Gasteiger partial charge in [-0.2, -0.15) is 0 Å². The van der Waals surface area contributed by atoms with E-state index in [1.807, 2.05) is 19.1 Å². The lowest BCUT2D eigenvalue weighted by Gasteiger charge is -2.18. The summed E-state index contributed by atoms with van der Waals surface area (Å²) in [7, 11) is -3.37. The van der Waals surface area contributed by atoms with Gasteiger partial charge in [0.1, 0.15) is 5.49 Å². The minimum absolute atomic E-state index is 0.141. The number of sulfone groups is 1. The molecule has 26 heavy (non-hydrogen) atoms. The predicted molar refractivity (Wildman–Crippen MR) is 101 cm³/mol. The van der Waals surface area contributed by atoms with Crippen molar-refractivity contribution in [2.24, 2.45) is 4.99 Å². The van der Waals surface area contributed by atoms with E-state index in [1.54, 1.807) is 18.3 Å². The van der Waals surface area contributed by atoms with Gasteiger partial charge in [0.15, 0.2) is 9.84 Å². The van der Waals surface area contributed by atoms with Crippen LogP contribution in [-0.2, 0) is 9.84 Å². The number of hydrogen-bond acceptors (Lipinski definition) is 4. The van der Waals surface area contributed by atoms with Crippen LogP contribution in [-0.4, -0.2) is 31.2 Å². The van der Waals surface area contributed by atoms with Gasteiger partial charge in [0.25, 0.3) is 5.91 Å². The molecule has 0 atom stereocenters. The van der Waals surface area contributed by atoms with Gasteiger partial charge in [-0.3, -0.25) is 14.4 Å². The Morgan fingerprint density at radius 2 is 1.85 bits per heavy atom. The topological polar surface area (TPSA) is 68.5 Å². The molecule has 0 aliphatic heterocycles. The zero-order chi connectivity index (χ0) is 18.7. The molecule has 1 aromatic carbocycles. The molecule has 0 bridgehead atoms. The predicted octanol–water partition coefficient (Wildman–Crippen LogP) is 3.12. The van der Waals surface area contributed by atoms with Crippen LogP contribution in [0.25, 0.3) is 0 Å². The Kier molecular flexibility index (Phi) is 5.41. The van der Waals surface area contributed by atoms with Crippen LogP contribution in [0.4, 0.5) is 0 Å². The van der Waals surface area contributed by atoms with Crippen molar-refractivity contribution in [1.82, 2.24) is 4.57 Å². The molecule has 0 spiro atoms. The molecule has 3 rings (SSSR count). The Hall–Kier alpha value is -2.21. The Bertz CT molecular complexity index is 984. The highest BCUT2D eigenvalue weighted by atomic mass is 32.2. The maximum Gasteiger partial charge on any atom is 0.263 e. The third-order valence-corrected chi connectivity index (χ3v) is 5.82. The lowest BCUT2D eigenvalue weighted by Crippen LogP contribution is -2.30. The van der Waals surface area contributed by atoms with Crippen molar-refractivity contribution >= 4 is 15.7 Å². The molecule has 1 aliphatic rings. The molecule has 6 heteroatoms. The van der Waals surface area contributed by atoms with Gasteiger partial charge in [0, 0.05) is 18.0 Å². The smallest absolute Gasteiger partial charge is 0.263 e. The zero-order valence-corrected chi connectivity index (χ0v) is 16.0. The van der Waals surface area contributed by atoms with Crippen molar-refractivity contribution in [3.63, 3.8) is 0 Å². The molecule has 0 saturated heterocycles. The molecule has 1 fully saturated rings. The van der Waals surface area contributed by atoms with Crippen LogP contribution in [0, 0.1) is 6.92 Å². The summed E-state index contributed by atoms with van der Waals surface area (Å²) in [6.07, 6.45) is 8.54. The number of aryl methyl sites for hydroxylation is 1. The van der Waals surface area contributed by atoms with Gasteiger partial charge in [0.2, 0.25) is 0 Å². The highest BCUT2D eigenvalue weighted by Gasteiger charge is 2.15. The van der Waals surface area contributed by atoms with E-state index in [-0.39, 0.29) is 16.8 Å². The van der Waals surface area contributed by atoms with Gasteiger partial charge in [-0.15, -0.1) is 0 Å². The van der Waals surface area contributed by atoms with Gasteiger partial charge in [-0.25, -0.2) is 8.42 Å². The number of carbonyl (C=O) groups is 1. The third-order valence-electron chi connectivity index (χ3n) is 4.71. The van der Waals surface area contributed by atoms with Crippen molar-refractivity contribution in [2.45, 2.75) is 50.0 Å². The maximum absolute atomic E-state index is 13.0. The Labute approximate surface area is 154 Å². The van der Waals surface area contributed by atoms with Crippen LogP contribution in [0.3, 0.4) is 0 Å². The molecular weight excluding hydrogens is 348 g/mol. The molecule has 0 N–H and O–H groups in total. The second kappa shape index (κ2) is 7.58. The van der Waals surface area contributed by atoms with Gasteiger partial charge in [0.05, 0.1) is 10.9 Å². The number of pyridine rings is 1. The lowest BCUT2D eigenvalue weighted by molar-refractivity contribution is 0.0954. The van der Waals surface area contributed by atoms with Gasteiger partial charge < -0.3 is 0 Å². The fourth-order valence-corrected chi connectivity index (χ4v) is 3.92. The van der Waals surface area contributed by atoms with Crippen LogP contribution >= 0.6 is 0 Å². The molecule has 0 amide bonds. The largest absolute Gasteiger partial charge is 0.268 e. The SMILES string of the molecule is Cc1ccn(C(=O)c2cccc(S(C)(=O)=O)c2)c(=NC2CCCCC2)c1. The monoisotopic (exact) mass is 372 g/mol. The summed E-state index contributed by atoms with van der Waals surface area (Å²) >= 11 is 0. The molecule has 5 nitrogen and oxygen atoms in total. The molecule has 1 aromatic heterocycles. The second-order valence-corrected chi connectivity index (χ2v) is 8.97. The molecule has 138 valence electrons. The molecule has 0 unspecified atom stereocenters. The van der Waals surface area contributed by atoms with Crippen molar-refractivity contribution in [2.75, 3.05) is 6.26 Å². The van der Waals surface area contributed by atoms with Crippen LogP contribution in [0.2, 0.25) is 0 Å². The normalized spacial score (nSPS) is 16.6. The molecular formula is C20H24N2O3S. The van der Waals surface area contributed by atoms with Crippen LogP contribution in [0.5, 0.6) is 0 Å². The van der Waals surface area contributed by atoms with Gasteiger partial charge >= 0.3 is 0 Å². The summed E-state index contributed by atoms with van der Waals surface area (Å²) < 4.78 is 25.1. The number of benzene rings is 1. The number of aromatic nitrogens is 1. The summed E-state index contributed by atoms with van der Waals surface area (Å²) in [6.45, 7) is 1.97. The summed E-state index contributed by atoms with van der Waals surface area (Å²) in [5, 5.41) is 0. The van der Waals surface area contributed by atoms with Crippen molar-refractivity contribution in [3.05, 3.63) is 59.2 Å². The quantitative estimate of drug-likeness (QED) is 0.831. The average molecular weight is 372 g/mol. The second-order valence-electron chi connectivity index (χ2n) is 6.96. The Balaban J connectivity index is 2.04. The van der Waals surface area contributed by atoms with E-state index in [0.29, 0.717) is 11.1 Å². The molecule has 1 aliphatic carbocycles. The highest BCUT2D eigenvalue weighted by molar-refractivity contribution is 7.90. The van der Waals surface area contributed by atoms with E-state index in [0.717, 1.165) is 24.7 Å². The first-order chi connectivity index (χ1) is 12.3. The summed E-state index contributed by atoms with van der Waals surface area (Å²) in [5.41, 5.74) is 2.00. The van der Waals surface area contributed by atoms with E-state index in [9.17, 15) is 13.2 Å². The van der Waals surface area contributed by atoms with Crippen molar-refractivity contribution < 1.29 is 13.2 Å². The lowest BCUT2D eigenvalue weighted by atomic mass is 9.96. The summed E-state index contributed by atoms with van der Waals surface area (Å²) in [5.74, 6) is -0.273. The van der Waals surface area contributed by atoms with E-state index < -0.39 is 9.84 Å². The number of rotatable bonds is 3. The Morgan fingerprint density at radius 3 is 2.54 bits per heavy atom. The van der Waals surface area contributed by atoms with E-state index in [1.165, 1.54) is 36.0 Å². The minimum Gasteiger partial charge on any atom is -0.268 e. The zero-order valence-electron chi connectivity index (χ0n) is 15.2. The first-order valence-corrected chi connectivity index (χ1v) is 10.8. The van der Waals surface area contributed by atoms with Crippen LogP contribution in [0.15, 0.2) is 52.5 Å². The molecule has 1 saturated carbocycles. The standard InChI is InChI=1S/C20H24N2O3S/c1-15-11-12-22(19(13-15)21-17-8-4-3-5-9-17)20(23)16-7-6-10-18(14-16)26(2,24)25/h6-7,10-14,17H,3-5,8-9H2,1-2H3. The number of nitrogens with zero attached hydrogens (tertiary/aromatic N) is 2. The first-order valence-electron chi connectivity index (χ1n) is 8.92. The fraction of sp³-hybridized carbons (Fsp3) is 0.400. The number of hydrogen-bond donors (Lipinski definition) is 0. The highest BCUT2D eigenvalue weighted by Crippen LogP contribution is 2.19. The third kappa shape index (κ3) is 4.30. The van der Waals surface area contributed by atoms with E-state index in [4.69, 9.17) is 4.99 Å². The maximum atomic E-state index is 13.0. The van der Waals surface area contributed by atoms with Crippen molar-refractivity contribution in [1.29, 1.82) is 0 Å². The molecule has 0 radical (unpaired) electrons. The van der Waals surface area contributed by atoms with Gasteiger partial charge in [-0.05, 0) is 55.7 Å². The van der Waals surface area contributed by atoms with E-state index in [2.05, 4.69) is 0 Å². The summed E-state index contributed by atoms with van der Waals surface area (Å²) in [6, 6.07) is 10.2.